The maximum absolute atomic E-state index is 5.69. The molecule has 1 atom stereocenters. The van der Waals surface area contributed by atoms with Crippen molar-refractivity contribution in [3.8, 4) is 0 Å². The molecule has 0 amide bonds. The van der Waals surface area contributed by atoms with E-state index in [2.05, 4.69) is 28.9 Å². The molecule has 0 aromatic carbocycles. The SMILES string of the molecule is C[C@H](c1ccc[nH]1)N1CCC(CN)CC1. The van der Waals surface area contributed by atoms with E-state index in [0.29, 0.717) is 6.04 Å². The molecule has 0 saturated carbocycles. The monoisotopic (exact) mass is 207 g/mol. The molecular formula is C12H21N3. The molecule has 1 saturated heterocycles. The number of aromatic nitrogens is 1. The fourth-order valence-electron chi connectivity index (χ4n) is 2.38. The molecule has 3 heteroatoms. The molecule has 1 aliphatic rings. The Morgan fingerprint density at radius 2 is 2.27 bits per heavy atom. The first-order chi connectivity index (χ1) is 7.31. The fraction of sp³-hybridized carbons (Fsp3) is 0.667. The van der Waals surface area contributed by atoms with Crippen LogP contribution in [0.4, 0.5) is 0 Å². The second kappa shape index (κ2) is 4.81. The Balaban J connectivity index is 1.90. The molecule has 15 heavy (non-hydrogen) atoms. The van der Waals surface area contributed by atoms with Crippen LogP contribution in [-0.4, -0.2) is 29.5 Å². The average molecular weight is 207 g/mol. The zero-order valence-corrected chi connectivity index (χ0v) is 9.45. The Kier molecular flexibility index (Phi) is 3.44. The second-order valence-corrected chi connectivity index (χ2v) is 4.52. The van der Waals surface area contributed by atoms with Crippen molar-refractivity contribution < 1.29 is 0 Å². The van der Waals surface area contributed by atoms with Gasteiger partial charge in [0, 0.05) is 17.9 Å². The largest absolute Gasteiger partial charge is 0.364 e. The van der Waals surface area contributed by atoms with Crippen LogP contribution in [0, 0.1) is 5.92 Å². The lowest BCUT2D eigenvalue weighted by Gasteiger charge is -2.35. The summed E-state index contributed by atoms with van der Waals surface area (Å²) in [5.41, 5.74) is 7.02. The molecule has 0 radical (unpaired) electrons. The lowest BCUT2D eigenvalue weighted by molar-refractivity contribution is 0.141. The Morgan fingerprint density at radius 3 is 2.80 bits per heavy atom. The van der Waals surface area contributed by atoms with E-state index in [0.717, 1.165) is 12.5 Å². The predicted molar refractivity (Wildman–Crippen MR) is 62.6 cm³/mol. The smallest absolute Gasteiger partial charge is 0.0470 e. The van der Waals surface area contributed by atoms with Crippen LogP contribution in [0.2, 0.25) is 0 Å². The molecule has 3 nitrogen and oxygen atoms in total. The van der Waals surface area contributed by atoms with E-state index >= 15 is 0 Å². The Bertz CT molecular complexity index is 273. The van der Waals surface area contributed by atoms with E-state index in [1.54, 1.807) is 0 Å². The first-order valence-electron chi connectivity index (χ1n) is 5.88. The highest BCUT2D eigenvalue weighted by Gasteiger charge is 2.22. The third-order valence-electron chi connectivity index (χ3n) is 3.60. The van der Waals surface area contributed by atoms with Crippen molar-refractivity contribution in [3.63, 3.8) is 0 Å². The van der Waals surface area contributed by atoms with Gasteiger partial charge < -0.3 is 10.7 Å². The van der Waals surface area contributed by atoms with Gasteiger partial charge in [0.2, 0.25) is 0 Å². The van der Waals surface area contributed by atoms with E-state index in [1.807, 2.05) is 6.20 Å². The van der Waals surface area contributed by atoms with Gasteiger partial charge in [-0.3, -0.25) is 4.90 Å². The van der Waals surface area contributed by atoms with Crippen LogP contribution >= 0.6 is 0 Å². The van der Waals surface area contributed by atoms with Crippen molar-refractivity contribution in [1.82, 2.24) is 9.88 Å². The molecule has 0 unspecified atom stereocenters. The Labute approximate surface area is 91.7 Å². The van der Waals surface area contributed by atoms with Crippen LogP contribution in [0.5, 0.6) is 0 Å². The van der Waals surface area contributed by atoms with Gasteiger partial charge in [0.1, 0.15) is 0 Å². The van der Waals surface area contributed by atoms with Gasteiger partial charge in [0.25, 0.3) is 0 Å². The van der Waals surface area contributed by atoms with Gasteiger partial charge in [-0.2, -0.15) is 0 Å². The number of nitrogens with zero attached hydrogens (tertiary/aromatic N) is 1. The van der Waals surface area contributed by atoms with Crippen LogP contribution < -0.4 is 5.73 Å². The molecule has 1 aliphatic heterocycles. The quantitative estimate of drug-likeness (QED) is 0.793. The van der Waals surface area contributed by atoms with Crippen molar-refractivity contribution in [1.29, 1.82) is 0 Å². The summed E-state index contributed by atoms with van der Waals surface area (Å²) in [7, 11) is 0. The summed E-state index contributed by atoms with van der Waals surface area (Å²) in [6.07, 6.45) is 4.50. The first-order valence-corrected chi connectivity index (χ1v) is 5.88. The van der Waals surface area contributed by atoms with Crippen LogP contribution in [0.3, 0.4) is 0 Å². The van der Waals surface area contributed by atoms with E-state index in [1.165, 1.54) is 31.6 Å². The zero-order valence-electron chi connectivity index (χ0n) is 9.45. The highest BCUT2D eigenvalue weighted by molar-refractivity contribution is 5.08. The number of likely N-dealkylation sites (tertiary alicyclic amines) is 1. The van der Waals surface area contributed by atoms with Crippen molar-refractivity contribution in [2.75, 3.05) is 19.6 Å². The van der Waals surface area contributed by atoms with Crippen LogP contribution in [0.25, 0.3) is 0 Å². The van der Waals surface area contributed by atoms with Crippen LogP contribution in [-0.2, 0) is 0 Å². The normalized spacial score (nSPS) is 21.7. The molecule has 3 N–H and O–H groups in total. The number of rotatable bonds is 3. The molecule has 0 aliphatic carbocycles. The first kappa shape index (κ1) is 10.7. The lowest BCUT2D eigenvalue weighted by Crippen LogP contribution is -2.37. The maximum atomic E-state index is 5.69. The third kappa shape index (κ3) is 2.41. The summed E-state index contributed by atoms with van der Waals surface area (Å²) in [5, 5.41) is 0. The molecule has 84 valence electrons. The van der Waals surface area contributed by atoms with Gasteiger partial charge in [-0.05, 0) is 57.5 Å². The van der Waals surface area contributed by atoms with Crippen LogP contribution in [0.15, 0.2) is 18.3 Å². The minimum atomic E-state index is 0.513. The minimum absolute atomic E-state index is 0.513. The standard InChI is InChI=1S/C12H21N3/c1-10(12-3-2-6-14-12)15-7-4-11(9-13)5-8-15/h2-3,6,10-11,14H,4-5,7-9,13H2,1H3/t10-/m1/s1. The number of hydrogen-bond donors (Lipinski definition) is 2. The number of nitrogens with two attached hydrogens (primary N) is 1. The van der Waals surface area contributed by atoms with Gasteiger partial charge >= 0.3 is 0 Å². The van der Waals surface area contributed by atoms with Crippen molar-refractivity contribution in [3.05, 3.63) is 24.0 Å². The summed E-state index contributed by atoms with van der Waals surface area (Å²) in [4.78, 5) is 5.83. The van der Waals surface area contributed by atoms with Crippen LogP contribution in [0.1, 0.15) is 31.5 Å². The second-order valence-electron chi connectivity index (χ2n) is 4.52. The summed E-state index contributed by atoms with van der Waals surface area (Å²) in [6, 6.07) is 4.75. The molecule has 1 aromatic heterocycles. The highest BCUT2D eigenvalue weighted by atomic mass is 15.2. The molecule has 1 fully saturated rings. The number of aromatic amines is 1. The number of nitrogens with one attached hydrogen (secondary N) is 1. The van der Waals surface area contributed by atoms with E-state index in [-0.39, 0.29) is 0 Å². The number of piperidine rings is 1. The molecule has 2 rings (SSSR count). The number of hydrogen-bond acceptors (Lipinski definition) is 2. The molecular weight excluding hydrogens is 186 g/mol. The zero-order chi connectivity index (χ0) is 10.7. The van der Waals surface area contributed by atoms with Gasteiger partial charge in [0.15, 0.2) is 0 Å². The molecule has 0 bridgehead atoms. The van der Waals surface area contributed by atoms with Gasteiger partial charge in [-0.1, -0.05) is 0 Å². The Hall–Kier alpha value is -0.800. The highest BCUT2D eigenvalue weighted by Crippen LogP contribution is 2.24. The summed E-state index contributed by atoms with van der Waals surface area (Å²) in [6.45, 7) is 5.49. The number of H-pyrrole nitrogens is 1. The molecule has 0 spiro atoms. The topological polar surface area (TPSA) is 45.0 Å². The fourth-order valence-corrected chi connectivity index (χ4v) is 2.38. The van der Waals surface area contributed by atoms with Crippen molar-refractivity contribution in [2.45, 2.75) is 25.8 Å². The Morgan fingerprint density at radius 1 is 1.53 bits per heavy atom. The van der Waals surface area contributed by atoms with E-state index in [9.17, 15) is 0 Å². The lowest BCUT2D eigenvalue weighted by atomic mass is 9.96. The van der Waals surface area contributed by atoms with Crippen molar-refractivity contribution in [2.24, 2.45) is 11.7 Å². The van der Waals surface area contributed by atoms with Gasteiger partial charge in [-0.15, -0.1) is 0 Å². The minimum Gasteiger partial charge on any atom is -0.364 e. The van der Waals surface area contributed by atoms with Crippen molar-refractivity contribution >= 4 is 0 Å². The summed E-state index contributed by atoms with van der Waals surface area (Å²) >= 11 is 0. The summed E-state index contributed by atoms with van der Waals surface area (Å²) in [5.74, 6) is 0.747. The van der Waals surface area contributed by atoms with E-state index < -0.39 is 0 Å². The maximum Gasteiger partial charge on any atom is 0.0470 e. The predicted octanol–water partition coefficient (Wildman–Crippen LogP) is 1.75. The van der Waals surface area contributed by atoms with E-state index in [4.69, 9.17) is 5.73 Å². The third-order valence-corrected chi connectivity index (χ3v) is 3.60. The molecule has 1 aromatic rings. The van der Waals surface area contributed by atoms with Gasteiger partial charge in [-0.25, -0.2) is 0 Å². The summed E-state index contributed by atoms with van der Waals surface area (Å²) < 4.78 is 0. The molecule has 2 heterocycles. The average Bonchev–Trinajstić information content (AvgIpc) is 2.82. The van der Waals surface area contributed by atoms with Gasteiger partial charge in [0.05, 0.1) is 0 Å².